The zero-order chi connectivity index (χ0) is 8.43. The predicted molar refractivity (Wildman–Crippen MR) is 44.9 cm³/mol. The zero-order valence-electron chi connectivity index (χ0n) is 7.34. The first kappa shape index (κ1) is 8.57. The van der Waals surface area contributed by atoms with Gasteiger partial charge in [0.2, 0.25) is 5.91 Å². The summed E-state index contributed by atoms with van der Waals surface area (Å²) >= 11 is 0. The van der Waals surface area contributed by atoms with Crippen molar-refractivity contribution in [2.24, 2.45) is 23.5 Å². The first-order valence-corrected chi connectivity index (χ1v) is 4.40. The zero-order valence-corrected chi connectivity index (χ0v) is 7.34. The van der Waals surface area contributed by atoms with Crippen LogP contribution in [0.25, 0.3) is 0 Å². The van der Waals surface area contributed by atoms with Crippen LogP contribution < -0.4 is 5.73 Å². The fourth-order valence-electron chi connectivity index (χ4n) is 2.09. The Hall–Kier alpha value is -0.530. The molecule has 1 aliphatic rings. The third-order valence-electron chi connectivity index (χ3n) is 2.80. The lowest BCUT2D eigenvalue weighted by atomic mass is 9.75. The van der Waals surface area contributed by atoms with E-state index in [-0.39, 0.29) is 11.8 Å². The molecular weight excluding hydrogens is 138 g/mol. The van der Waals surface area contributed by atoms with E-state index in [1.807, 2.05) is 0 Å². The number of hydrogen-bond donors (Lipinski definition) is 1. The molecule has 0 radical (unpaired) electrons. The molecule has 1 saturated carbocycles. The monoisotopic (exact) mass is 155 g/mol. The molecule has 0 bridgehead atoms. The van der Waals surface area contributed by atoms with Crippen LogP contribution in [0.1, 0.15) is 33.1 Å². The largest absolute Gasteiger partial charge is 0.369 e. The van der Waals surface area contributed by atoms with Gasteiger partial charge in [-0.2, -0.15) is 0 Å². The lowest BCUT2D eigenvalue weighted by molar-refractivity contribution is -0.124. The van der Waals surface area contributed by atoms with Gasteiger partial charge < -0.3 is 5.73 Å². The highest BCUT2D eigenvalue weighted by Crippen LogP contribution is 2.32. The molecule has 64 valence electrons. The summed E-state index contributed by atoms with van der Waals surface area (Å²) in [6, 6.07) is 0. The Kier molecular flexibility index (Phi) is 2.53. The van der Waals surface area contributed by atoms with Gasteiger partial charge in [-0.25, -0.2) is 0 Å². The minimum atomic E-state index is -0.107. The Morgan fingerprint density at radius 1 is 1.36 bits per heavy atom. The summed E-state index contributed by atoms with van der Waals surface area (Å²) in [7, 11) is 0. The van der Waals surface area contributed by atoms with Crippen LogP contribution in [0.3, 0.4) is 0 Å². The topological polar surface area (TPSA) is 43.1 Å². The second-order valence-electron chi connectivity index (χ2n) is 3.90. The Morgan fingerprint density at radius 2 is 2.00 bits per heavy atom. The van der Waals surface area contributed by atoms with E-state index in [9.17, 15) is 4.79 Å². The Morgan fingerprint density at radius 3 is 2.45 bits per heavy atom. The average molecular weight is 155 g/mol. The van der Waals surface area contributed by atoms with Crippen LogP contribution in [0.15, 0.2) is 0 Å². The van der Waals surface area contributed by atoms with Crippen LogP contribution in [0, 0.1) is 17.8 Å². The first-order valence-electron chi connectivity index (χ1n) is 4.40. The second-order valence-corrected chi connectivity index (χ2v) is 3.90. The number of hydrogen-bond acceptors (Lipinski definition) is 1. The standard InChI is InChI=1S/C9H17NO/c1-6-3-4-8(9(10)11)7(2)5-6/h6-8H,3-5H2,1-2H3,(H2,10,11)/t6-,7?,8?/m1/s1. The predicted octanol–water partition coefficient (Wildman–Crippen LogP) is 1.54. The maximum Gasteiger partial charge on any atom is 0.220 e. The van der Waals surface area contributed by atoms with Crippen molar-refractivity contribution < 1.29 is 4.79 Å². The molecule has 1 rings (SSSR count). The molecule has 0 aromatic rings. The molecular formula is C9H17NO. The minimum Gasteiger partial charge on any atom is -0.369 e. The summed E-state index contributed by atoms with van der Waals surface area (Å²) < 4.78 is 0. The molecule has 2 N–H and O–H groups in total. The van der Waals surface area contributed by atoms with Crippen molar-refractivity contribution in [3.05, 3.63) is 0 Å². The Balaban J connectivity index is 2.50. The highest BCUT2D eigenvalue weighted by atomic mass is 16.1. The maximum absolute atomic E-state index is 10.9. The van der Waals surface area contributed by atoms with Gasteiger partial charge in [0.1, 0.15) is 0 Å². The fourth-order valence-corrected chi connectivity index (χ4v) is 2.09. The third kappa shape index (κ3) is 1.95. The molecule has 0 spiro atoms. The van der Waals surface area contributed by atoms with E-state index in [0.29, 0.717) is 5.92 Å². The molecule has 1 fully saturated rings. The smallest absolute Gasteiger partial charge is 0.220 e. The lowest BCUT2D eigenvalue weighted by Gasteiger charge is -2.30. The molecule has 1 aliphatic carbocycles. The summed E-state index contributed by atoms with van der Waals surface area (Å²) in [4.78, 5) is 10.9. The molecule has 2 heteroatoms. The van der Waals surface area contributed by atoms with Crippen LogP contribution in [-0.4, -0.2) is 5.91 Å². The van der Waals surface area contributed by atoms with Crippen LogP contribution in [0.4, 0.5) is 0 Å². The van der Waals surface area contributed by atoms with E-state index in [2.05, 4.69) is 13.8 Å². The van der Waals surface area contributed by atoms with Crippen LogP contribution in [0.2, 0.25) is 0 Å². The van der Waals surface area contributed by atoms with Gasteiger partial charge in [0.25, 0.3) is 0 Å². The number of amides is 1. The van der Waals surface area contributed by atoms with Gasteiger partial charge in [-0.1, -0.05) is 13.8 Å². The first-order chi connectivity index (χ1) is 5.11. The molecule has 2 unspecified atom stereocenters. The minimum absolute atomic E-state index is 0.107. The van der Waals surface area contributed by atoms with Gasteiger partial charge >= 0.3 is 0 Å². The summed E-state index contributed by atoms with van der Waals surface area (Å²) in [6.07, 6.45) is 3.32. The normalized spacial score (nSPS) is 38.5. The van der Waals surface area contributed by atoms with Crippen molar-refractivity contribution in [3.63, 3.8) is 0 Å². The van der Waals surface area contributed by atoms with E-state index in [0.717, 1.165) is 25.2 Å². The lowest BCUT2D eigenvalue weighted by Crippen LogP contribution is -2.32. The van der Waals surface area contributed by atoms with Crippen LogP contribution >= 0.6 is 0 Å². The van der Waals surface area contributed by atoms with Crippen molar-refractivity contribution in [3.8, 4) is 0 Å². The summed E-state index contributed by atoms with van der Waals surface area (Å²) in [6.45, 7) is 4.37. The van der Waals surface area contributed by atoms with Gasteiger partial charge in [0, 0.05) is 5.92 Å². The SMILES string of the molecule is CC1C[C@H](C)CCC1C(N)=O. The summed E-state index contributed by atoms with van der Waals surface area (Å²) in [5, 5.41) is 0. The van der Waals surface area contributed by atoms with E-state index in [4.69, 9.17) is 5.73 Å². The van der Waals surface area contributed by atoms with E-state index >= 15 is 0 Å². The van der Waals surface area contributed by atoms with Crippen molar-refractivity contribution in [1.29, 1.82) is 0 Å². The van der Waals surface area contributed by atoms with Gasteiger partial charge in [0.15, 0.2) is 0 Å². The molecule has 3 atom stereocenters. The number of nitrogens with two attached hydrogens (primary N) is 1. The third-order valence-corrected chi connectivity index (χ3v) is 2.80. The molecule has 0 aliphatic heterocycles. The van der Waals surface area contributed by atoms with Gasteiger partial charge in [0.05, 0.1) is 0 Å². The molecule has 0 saturated heterocycles. The average Bonchev–Trinajstić information content (AvgIpc) is 1.85. The number of carbonyl (C=O) groups excluding carboxylic acids is 1. The van der Waals surface area contributed by atoms with Crippen molar-refractivity contribution in [1.82, 2.24) is 0 Å². The van der Waals surface area contributed by atoms with E-state index in [1.165, 1.54) is 0 Å². The Labute approximate surface area is 68.2 Å². The van der Waals surface area contributed by atoms with Gasteiger partial charge in [-0.15, -0.1) is 0 Å². The highest BCUT2D eigenvalue weighted by molar-refractivity contribution is 5.76. The molecule has 2 nitrogen and oxygen atoms in total. The van der Waals surface area contributed by atoms with Crippen LogP contribution in [-0.2, 0) is 4.79 Å². The Bertz CT molecular complexity index is 156. The maximum atomic E-state index is 10.9. The fraction of sp³-hybridized carbons (Fsp3) is 0.889. The molecule has 1 amide bonds. The van der Waals surface area contributed by atoms with Gasteiger partial charge in [-0.3, -0.25) is 4.79 Å². The van der Waals surface area contributed by atoms with Gasteiger partial charge in [-0.05, 0) is 31.1 Å². The molecule has 0 aromatic carbocycles. The van der Waals surface area contributed by atoms with E-state index in [1.54, 1.807) is 0 Å². The molecule has 0 aromatic heterocycles. The molecule has 0 heterocycles. The van der Waals surface area contributed by atoms with E-state index < -0.39 is 0 Å². The molecule has 11 heavy (non-hydrogen) atoms. The number of rotatable bonds is 1. The number of primary amides is 1. The van der Waals surface area contributed by atoms with Crippen LogP contribution in [0.5, 0.6) is 0 Å². The van der Waals surface area contributed by atoms with Crippen molar-refractivity contribution in [2.45, 2.75) is 33.1 Å². The van der Waals surface area contributed by atoms with Crippen molar-refractivity contribution >= 4 is 5.91 Å². The quantitative estimate of drug-likeness (QED) is 0.613. The number of carbonyl (C=O) groups is 1. The summed E-state index contributed by atoms with van der Waals surface area (Å²) in [5.41, 5.74) is 5.26. The summed E-state index contributed by atoms with van der Waals surface area (Å²) in [5.74, 6) is 1.31. The highest BCUT2D eigenvalue weighted by Gasteiger charge is 2.28. The second kappa shape index (κ2) is 3.24. The van der Waals surface area contributed by atoms with Crippen molar-refractivity contribution in [2.75, 3.05) is 0 Å².